The third-order valence-electron chi connectivity index (χ3n) is 4.29. The lowest BCUT2D eigenvalue weighted by atomic mass is 10.0. The van der Waals surface area contributed by atoms with Gasteiger partial charge in [-0.25, -0.2) is 5.43 Å². The monoisotopic (exact) mass is 475 g/mol. The third kappa shape index (κ3) is 6.32. The summed E-state index contributed by atoms with van der Waals surface area (Å²) in [5, 5.41) is 16.7. The summed E-state index contributed by atoms with van der Waals surface area (Å²) in [6.07, 6.45) is 1.43. The second kappa shape index (κ2) is 10.8. The lowest BCUT2D eigenvalue weighted by Gasteiger charge is -2.20. The minimum absolute atomic E-state index is 0.00303. The number of ether oxygens (including phenoxy) is 1. The van der Waals surface area contributed by atoms with Crippen LogP contribution in [-0.4, -0.2) is 35.8 Å². The van der Waals surface area contributed by atoms with Crippen molar-refractivity contribution in [2.24, 2.45) is 11.0 Å². The number of hydrogen-bond acceptors (Lipinski definition) is 5. The first-order valence-electron chi connectivity index (χ1n) is 9.58. The fourth-order valence-corrected chi connectivity index (χ4v) is 3.10. The molecular formula is C22H26BrN3O4. The molecule has 2 rings (SSSR count). The molecular weight excluding hydrogens is 450 g/mol. The van der Waals surface area contributed by atoms with E-state index in [1.807, 2.05) is 39.8 Å². The summed E-state index contributed by atoms with van der Waals surface area (Å²) in [4.78, 5) is 25.0. The van der Waals surface area contributed by atoms with Crippen LogP contribution in [0.4, 0.5) is 0 Å². The van der Waals surface area contributed by atoms with Gasteiger partial charge in [0, 0.05) is 5.56 Å². The van der Waals surface area contributed by atoms with Gasteiger partial charge in [0.25, 0.3) is 11.8 Å². The van der Waals surface area contributed by atoms with Crippen LogP contribution in [0, 0.1) is 12.8 Å². The molecule has 7 nitrogen and oxygen atoms in total. The fourth-order valence-electron chi connectivity index (χ4n) is 2.64. The molecule has 0 bridgehead atoms. The highest BCUT2D eigenvalue weighted by atomic mass is 79.9. The van der Waals surface area contributed by atoms with Crippen molar-refractivity contribution in [1.82, 2.24) is 10.7 Å². The third-order valence-corrected chi connectivity index (χ3v) is 4.89. The molecule has 1 unspecified atom stereocenters. The van der Waals surface area contributed by atoms with Gasteiger partial charge in [-0.1, -0.05) is 31.5 Å². The number of carbonyl (C=O) groups is 2. The Kier molecular flexibility index (Phi) is 8.41. The average molecular weight is 476 g/mol. The minimum atomic E-state index is -0.749. The number of aryl methyl sites for hydroxylation is 1. The van der Waals surface area contributed by atoms with Crippen LogP contribution in [0.2, 0.25) is 0 Å². The van der Waals surface area contributed by atoms with Crippen molar-refractivity contribution < 1.29 is 19.4 Å². The molecule has 2 aromatic rings. The van der Waals surface area contributed by atoms with E-state index in [0.29, 0.717) is 28.0 Å². The lowest BCUT2D eigenvalue weighted by molar-refractivity contribution is -0.123. The van der Waals surface area contributed by atoms with Crippen LogP contribution in [0.3, 0.4) is 0 Å². The van der Waals surface area contributed by atoms with Crippen molar-refractivity contribution in [3.63, 3.8) is 0 Å². The maximum absolute atomic E-state index is 12.6. The molecule has 3 N–H and O–H groups in total. The Labute approximate surface area is 184 Å². The lowest BCUT2D eigenvalue weighted by Crippen LogP contribution is -2.48. The molecule has 30 heavy (non-hydrogen) atoms. The van der Waals surface area contributed by atoms with Crippen molar-refractivity contribution in [2.45, 2.75) is 33.7 Å². The highest BCUT2D eigenvalue weighted by molar-refractivity contribution is 9.10. The Bertz CT molecular complexity index is 927. The number of halogens is 1. The number of phenols is 1. The van der Waals surface area contributed by atoms with E-state index in [9.17, 15) is 14.7 Å². The Hall–Kier alpha value is -2.87. The second-order valence-electron chi connectivity index (χ2n) is 7.08. The molecule has 0 heterocycles. The molecule has 0 aliphatic heterocycles. The van der Waals surface area contributed by atoms with E-state index in [2.05, 4.69) is 31.8 Å². The van der Waals surface area contributed by atoms with Gasteiger partial charge in [0.1, 0.15) is 6.04 Å². The number of carbonyl (C=O) groups excluding carboxylic acids is 2. The highest BCUT2D eigenvalue weighted by Gasteiger charge is 2.24. The van der Waals surface area contributed by atoms with E-state index in [0.717, 1.165) is 5.56 Å². The molecule has 0 saturated carbocycles. The normalized spacial score (nSPS) is 12.1. The Morgan fingerprint density at radius 1 is 1.23 bits per heavy atom. The van der Waals surface area contributed by atoms with Crippen molar-refractivity contribution in [2.75, 3.05) is 6.61 Å². The minimum Gasteiger partial charge on any atom is -0.503 e. The molecule has 0 radical (unpaired) electrons. The zero-order valence-electron chi connectivity index (χ0n) is 17.4. The molecule has 0 saturated heterocycles. The van der Waals surface area contributed by atoms with Gasteiger partial charge in [-0.15, -0.1) is 0 Å². The first-order chi connectivity index (χ1) is 14.2. The summed E-state index contributed by atoms with van der Waals surface area (Å²) in [5.74, 6) is -0.579. The van der Waals surface area contributed by atoms with Crippen LogP contribution in [0.25, 0.3) is 0 Å². The van der Waals surface area contributed by atoms with Crippen LogP contribution in [0.15, 0.2) is 46.0 Å². The second-order valence-corrected chi connectivity index (χ2v) is 7.93. The van der Waals surface area contributed by atoms with Gasteiger partial charge >= 0.3 is 0 Å². The van der Waals surface area contributed by atoms with E-state index in [1.54, 1.807) is 24.3 Å². The number of hydrazone groups is 1. The summed E-state index contributed by atoms with van der Waals surface area (Å²) >= 11 is 3.26. The van der Waals surface area contributed by atoms with Gasteiger partial charge < -0.3 is 15.2 Å². The summed E-state index contributed by atoms with van der Waals surface area (Å²) in [5.41, 5.74) is 4.61. The molecule has 2 aromatic carbocycles. The van der Waals surface area contributed by atoms with Crippen molar-refractivity contribution >= 4 is 34.0 Å². The first kappa shape index (κ1) is 23.4. The van der Waals surface area contributed by atoms with Crippen LogP contribution >= 0.6 is 15.9 Å². The van der Waals surface area contributed by atoms with E-state index in [1.165, 1.54) is 6.21 Å². The SMILES string of the molecule is CCOc1cc(C=NNC(=O)C(NC(=O)c2ccc(C)cc2)C(C)C)cc(Br)c1O. The summed E-state index contributed by atoms with van der Waals surface area (Å²) < 4.78 is 5.82. The molecule has 160 valence electrons. The van der Waals surface area contributed by atoms with Crippen molar-refractivity contribution in [3.05, 3.63) is 57.6 Å². The molecule has 0 aliphatic carbocycles. The molecule has 0 spiro atoms. The number of nitrogens with zero attached hydrogens (tertiary/aromatic N) is 1. The fraction of sp³-hybridized carbons (Fsp3) is 0.318. The quantitative estimate of drug-likeness (QED) is 0.399. The maximum Gasteiger partial charge on any atom is 0.262 e. The smallest absolute Gasteiger partial charge is 0.262 e. The van der Waals surface area contributed by atoms with E-state index >= 15 is 0 Å². The Morgan fingerprint density at radius 3 is 2.50 bits per heavy atom. The zero-order valence-corrected chi connectivity index (χ0v) is 19.0. The number of aromatic hydroxyl groups is 1. The molecule has 0 fully saturated rings. The number of hydrogen-bond donors (Lipinski definition) is 3. The predicted octanol–water partition coefficient (Wildman–Crippen LogP) is 3.77. The summed E-state index contributed by atoms with van der Waals surface area (Å²) in [7, 11) is 0. The Morgan fingerprint density at radius 2 is 1.90 bits per heavy atom. The van der Waals surface area contributed by atoms with Crippen LogP contribution in [0.1, 0.15) is 42.3 Å². The Balaban J connectivity index is 2.06. The number of amides is 2. The van der Waals surface area contributed by atoms with Crippen LogP contribution in [0.5, 0.6) is 11.5 Å². The number of nitrogens with one attached hydrogen (secondary N) is 2. The standard InChI is InChI=1S/C22H26BrN3O4/c1-5-30-18-11-15(10-17(23)20(18)27)12-24-26-22(29)19(13(2)3)25-21(28)16-8-6-14(4)7-9-16/h6-13,19,27H,5H2,1-4H3,(H,25,28)(H,26,29). The number of rotatable bonds is 8. The topological polar surface area (TPSA) is 100 Å². The average Bonchev–Trinajstić information content (AvgIpc) is 2.70. The van der Waals surface area contributed by atoms with Crippen LogP contribution < -0.4 is 15.5 Å². The van der Waals surface area contributed by atoms with E-state index in [4.69, 9.17) is 4.74 Å². The van der Waals surface area contributed by atoms with Gasteiger partial charge in [0.05, 0.1) is 17.3 Å². The van der Waals surface area contributed by atoms with Crippen molar-refractivity contribution in [1.29, 1.82) is 0 Å². The maximum atomic E-state index is 12.6. The predicted molar refractivity (Wildman–Crippen MR) is 120 cm³/mol. The zero-order chi connectivity index (χ0) is 22.3. The molecule has 0 aliphatic rings. The molecule has 1 atom stereocenters. The summed E-state index contributed by atoms with van der Waals surface area (Å²) in [6.45, 7) is 7.83. The van der Waals surface area contributed by atoms with Crippen molar-refractivity contribution in [3.8, 4) is 11.5 Å². The largest absolute Gasteiger partial charge is 0.503 e. The van der Waals surface area contributed by atoms with Gasteiger partial charge in [0.15, 0.2) is 11.5 Å². The first-order valence-corrected chi connectivity index (χ1v) is 10.4. The van der Waals surface area contributed by atoms with Gasteiger partial charge in [-0.3, -0.25) is 9.59 Å². The van der Waals surface area contributed by atoms with Gasteiger partial charge in [-0.2, -0.15) is 5.10 Å². The molecule has 8 heteroatoms. The van der Waals surface area contributed by atoms with Gasteiger partial charge in [0.2, 0.25) is 0 Å². The molecule has 2 amide bonds. The number of phenolic OH excluding ortho intramolecular Hbond substituents is 1. The highest BCUT2D eigenvalue weighted by Crippen LogP contribution is 2.35. The van der Waals surface area contributed by atoms with Crippen LogP contribution in [-0.2, 0) is 4.79 Å². The summed E-state index contributed by atoms with van der Waals surface area (Å²) in [6, 6.07) is 9.63. The van der Waals surface area contributed by atoms with Gasteiger partial charge in [-0.05, 0) is 65.5 Å². The van der Waals surface area contributed by atoms with E-state index < -0.39 is 11.9 Å². The number of benzene rings is 2. The molecule has 0 aromatic heterocycles. The van der Waals surface area contributed by atoms with E-state index in [-0.39, 0.29) is 17.6 Å².